The van der Waals surface area contributed by atoms with Crippen LogP contribution < -0.4 is 5.01 Å². The molecule has 2 aromatic heterocycles. The Morgan fingerprint density at radius 2 is 1.84 bits per heavy atom. The molecule has 1 atom stereocenters. The van der Waals surface area contributed by atoms with Crippen molar-refractivity contribution >= 4 is 49.5 Å². The minimum absolute atomic E-state index is 0.0189. The standard InChI is InChI=1S/C10H7Br2N5OS/c11-6-1-13-2-7(12)9(6)10-17(8(18)3-19-10)16-4-14-15-5-16/h1-2,4-5,10H,3H2. The van der Waals surface area contributed by atoms with E-state index >= 15 is 0 Å². The Kier molecular flexibility index (Phi) is 3.59. The number of aromatic nitrogens is 4. The molecule has 0 saturated carbocycles. The van der Waals surface area contributed by atoms with E-state index < -0.39 is 0 Å². The first-order valence-electron chi connectivity index (χ1n) is 5.26. The summed E-state index contributed by atoms with van der Waals surface area (Å²) in [6.45, 7) is 0. The molecule has 3 rings (SSSR count). The Morgan fingerprint density at radius 3 is 2.47 bits per heavy atom. The van der Waals surface area contributed by atoms with Crippen molar-refractivity contribution in [2.24, 2.45) is 0 Å². The van der Waals surface area contributed by atoms with Crippen molar-refractivity contribution in [3.63, 3.8) is 0 Å². The first kappa shape index (κ1) is 13.1. The third-order valence-electron chi connectivity index (χ3n) is 2.64. The summed E-state index contributed by atoms with van der Waals surface area (Å²) in [5, 5.41) is 8.99. The highest BCUT2D eigenvalue weighted by Gasteiger charge is 2.36. The molecule has 1 fully saturated rings. The van der Waals surface area contributed by atoms with E-state index in [9.17, 15) is 4.79 Å². The number of thioether (sulfide) groups is 1. The van der Waals surface area contributed by atoms with Gasteiger partial charge in [-0.15, -0.1) is 22.0 Å². The van der Waals surface area contributed by atoms with Gasteiger partial charge in [-0.1, -0.05) is 0 Å². The van der Waals surface area contributed by atoms with Crippen LogP contribution in [0.5, 0.6) is 0 Å². The molecule has 0 radical (unpaired) electrons. The van der Waals surface area contributed by atoms with Gasteiger partial charge in [-0.2, -0.15) is 0 Å². The van der Waals surface area contributed by atoms with Crippen LogP contribution in [0.3, 0.4) is 0 Å². The lowest BCUT2D eigenvalue weighted by Crippen LogP contribution is -2.37. The SMILES string of the molecule is O=C1CSC(c2c(Br)cncc2Br)N1n1cnnc1. The maximum Gasteiger partial charge on any atom is 0.252 e. The molecule has 6 nitrogen and oxygen atoms in total. The molecule has 0 N–H and O–H groups in total. The Morgan fingerprint density at radius 1 is 1.21 bits per heavy atom. The van der Waals surface area contributed by atoms with E-state index in [1.807, 2.05) is 0 Å². The zero-order valence-corrected chi connectivity index (χ0v) is 13.4. The number of rotatable bonds is 2. The van der Waals surface area contributed by atoms with Gasteiger partial charge in [-0.05, 0) is 31.9 Å². The lowest BCUT2D eigenvalue weighted by Gasteiger charge is -2.25. The lowest BCUT2D eigenvalue weighted by molar-refractivity contribution is -0.117. The first-order chi connectivity index (χ1) is 9.18. The monoisotopic (exact) mass is 403 g/mol. The van der Waals surface area contributed by atoms with Crippen LogP contribution >= 0.6 is 43.6 Å². The summed E-state index contributed by atoms with van der Waals surface area (Å²) in [6, 6.07) is 0. The number of hydrogen-bond donors (Lipinski definition) is 0. The average molecular weight is 405 g/mol. The van der Waals surface area contributed by atoms with Gasteiger partial charge in [0.1, 0.15) is 18.0 Å². The van der Waals surface area contributed by atoms with E-state index in [-0.39, 0.29) is 11.3 Å². The Bertz CT molecular complexity index is 600. The summed E-state index contributed by atoms with van der Waals surface area (Å²) < 4.78 is 3.31. The van der Waals surface area contributed by atoms with Crippen molar-refractivity contribution in [1.82, 2.24) is 19.9 Å². The van der Waals surface area contributed by atoms with Crippen molar-refractivity contribution in [2.75, 3.05) is 10.8 Å². The largest absolute Gasteiger partial charge is 0.272 e. The third kappa shape index (κ3) is 2.30. The summed E-state index contributed by atoms with van der Waals surface area (Å²) in [6.07, 6.45) is 6.46. The van der Waals surface area contributed by atoms with Gasteiger partial charge in [0.05, 0.1) is 5.75 Å². The molecule has 3 heterocycles. The highest BCUT2D eigenvalue weighted by atomic mass is 79.9. The van der Waals surface area contributed by atoms with Gasteiger partial charge < -0.3 is 0 Å². The molecule has 1 amide bonds. The van der Waals surface area contributed by atoms with Gasteiger partial charge in [0, 0.05) is 26.9 Å². The minimum Gasteiger partial charge on any atom is -0.272 e. The van der Waals surface area contributed by atoms with E-state index in [1.54, 1.807) is 33.8 Å². The number of pyridine rings is 1. The van der Waals surface area contributed by atoms with E-state index in [4.69, 9.17) is 0 Å². The summed E-state index contributed by atoms with van der Waals surface area (Å²) in [5.74, 6) is 0.440. The normalized spacial score (nSPS) is 19.2. The van der Waals surface area contributed by atoms with Gasteiger partial charge in [0.15, 0.2) is 0 Å². The number of amides is 1. The summed E-state index contributed by atoms with van der Waals surface area (Å²) in [5.41, 5.74) is 0.972. The number of carbonyl (C=O) groups excluding carboxylic acids is 1. The van der Waals surface area contributed by atoms with Crippen molar-refractivity contribution in [1.29, 1.82) is 0 Å². The molecule has 1 unspecified atom stereocenters. The first-order valence-corrected chi connectivity index (χ1v) is 7.89. The molecule has 1 aliphatic rings. The molecular weight excluding hydrogens is 398 g/mol. The second-order valence-corrected chi connectivity index (χ2v) is 6.54. The van der Waals surface area contributed by atoms with Crippen molar-refractivity contribution in [3.8, 4) is 0 Å². The average Bonchev–Trinajstić information content (AvgIpc) is 2.99. The molecule has 19 heavy (non-hydrogen) atoms. The number of nitrogens with zero attached hydrogens (tertiary/aromatic N) is 5. The summed E-state index contributed by atoms with van der Waals surface area (Å²) in [7, 11) is 0. The maximum absolute atomic E-state index is 12.1. The summed E-state index contributed by atoms with van der Waals surface area (Å²) in [4.78, 5) is 16.1. The molecule has 0 aromatic carbocycles. The molecule has 98 valence electrons. The van der Waals surface area contributed by atoms with Crippen LogP contribution in [0.1, 0.15) is 10.9 Å². The van der Waals surface area contributed by atoms with Gasteiger partial charge in [0.25, 0.3) is 5.91 Å². The number of hydrogen-bond acceptors (Lipinski definition) is 5. The third-order valence-corrected chi connectivity index (χ3v) is 5.06. The Labute approximate surface area is 129 Å². The highest BCUT2D eigenvalue weighted by Crippen LogP contribution is 2.43. The van der Waals surface area contributed by atoms with Gasteiger partial charge in [0.2, 0.25) is 0 Å². The van der Waals surface area contributed by atoms with Crippen LogP contribution in [0.4, 0.5) is 0 Å². The van der Waals surface area contributed by atoms with Crippen LogP contribution in [0.15, 0.2) is 34.0 Å². The second kappa shape index (κ2) is 5.22. The zero-order chi connectivity index (χ0) is 13.4. The van der Waals surface area contributed by atoms with E-state index in [2.05, 4.69) is 47.0 Å². The fourth-order valence-electron chi connectivity index (χ4n) is 1.84. The van der Waals surface area contributed by atoms with Crippen LogP contribution in [-0.4, -0.2) is 31.5 Å². The fraction of sp³-hybridized carbons (Fsp3) is 0.200. The molecule has 9 heteroatoms. The molecule has 0 aliphatic carbocycles. The molecule has 0 spiro atoms. The van der Waals surface area contributed by atoms with E-state index in [0.717, 1.165) is 14.5 Å². The minimum atomic E-state index is -0.143. The van der Waals surface area contributed by atoms with Gasteiger partial charge >= 0.3 is 0 Å². The van der Waals surface area contributed by atoms with Crippen LogP contribution in [-0.2, 0) is 4.79 Å². The van der Waals surface area contributed by atoms with Crippen LogP contribution in [0.25, 0.3) is 0 Å². The molecule has 2 aromatic rings. The highest BCUT2D eigenvalue weighted by molar-refractivity contribution is 9.11. The molecular formula is C10H7Br2N5OS. The van der Waals surface area contributed by atoms with Crippen molar-refractivity contribution in [2.45, 2.75) is 5.37 Å². The fourth-order valence-corrected chi connectivity index (χ4v) is 4.72. The topological polar surface area (TPSA) is 63.9 Å². The second-order valence-electron chi connectivity index (χ2n) is 3.76. The van der Waals surface area contributed by atoms with Crippen LogP contribution in [0, 0.1) is 0 Å². The number of carbonyl (C=O) groups is 1. The maximum atomic E-state index is 12.1. The summed E-state index contributed by atoms with van der Waals surface area (Å²) >= 11 is 8.52. The Balaban J connectivity index is 2.07. The smallest absolute Gasteiger partial charge is 0.252 e. The Hall–Kier alpha value is -0.930. The lowest BCUT2D eigenvalue weighted by atomic mass is 10.2. The molecule has 1 saturated heterocycles. The van der Waals surface area contributed by atoms with E-state index in [0.29, 0.717) is 5.75 Å². The predicted octanol–water partition coefficient (Wildman–Crippen LogP) is 2.11. The molecule has 1 aliphatic heterocycles. The van der Waals surface area contributed by atoms with E-state index in [1.165, 1.54) is 12.7 Å². The van der Waals surface area contributed by atoms with Gasteiger partial charge in [-0.3, -0.25) is 9.78 Å². The number of halogens is 2. The predicted molar refractivity (Wildman–Crippen MR) is 78.1 cm³/mol. The van der Waals surface area contributed by atoms with Crippen molar-refractivity contribution < 1.29 is 4.79 Å². The van der Waals surface area contributed by atoms with Crippen molar-refractivity contribution in [3.05, 3.63) is 39.6 Å². The van der Waals surface area contributed by atoms with Crippen LogP contribution in [0.2, 0.25) is 0 Å². The van der Waals surface area contributed by atoms with Gasteiger partial charge in [-0.25, -0.2) is 9.69 Å². The quantitative estimate of drug-likeness (QED) is 0.766. The molecule has 0 bridgehead atoms. The zero-order valence-electron chi connectivity index (χ0n) is 9.40.